The molecule has 0 bridgehead atoms. The molecule has 6 heteroatoms. The van der Waals surface area contributed by atoms with Crippen LogP contribution < -0.4 is 10.9 Å². The number of pyridine rings is 1. The van der Waals surface area contributed by atoms with Crippen molar-refractivity contribution < 1.29 is 13.2 Å². The molecule has 1 fully saturated rings. The zero-order valence-electron chi connectivity index (χ0n) is 14.4. The Bertz CT molecular complexity index is 882. The normalized spacial score (nSPS) is 17.7. The van der Waals surface area contributed by atoms with Gasteiger partial charge in [0.05, 0.1) is 5.56 Å². The van der Waals surface area contributed by atoms with Crippen LogP contribution in [0.4, 0.5) is 13.2 Å². The minimum absolute atomic E-state index is 0.170. The number of nitrogens with one attached hydrogen (secondary N) is 1. The first-order valence-electron chi connectivity index (χ1n) is 9.07. The summed E-state index contributed by atoms with van der Waals surface area (Å²) in [6, 6.07) is 6.84. The Morgan fingerprint density at radius 3 is 2.69 bits per heavy atom. The van der Waals surface area contributed by atoms with Gasteiger partial charge in [0, 0.05) is 37.3 Å². The highest BCUT2D eigenvalue weighted by atomic mass is 19.4. The molecule has 1 aliphatic carbocycles. The van der Waals surface area contributed by atoms with E-state index in [0.29, 0.717) is 30.1 Å². The molecule has 0 saturated heterocycles. The summed E-state index contributed by atoms with van der Waals surface area (Å²) in [5, 5.41) is 3.29. The molecule has 3 nitrogen and oxygen atoms in total. The van der Waals surface area contributed by atoms with Gasteiger partial charge >= 0.3 is 6.18 Å². The molecular formula is C20H21F3N2O. The minimum Gasteiger partial charge on any atom is -0.312 e. The van der Waals surface area contributed by atoms with E-state index < -0.39 is 11.7 Å². The first-order valence-corrected chi connectivity index (χ1v) is 9.07. The topological polar surface area (TPSA) is 34.0 Å². The summed E-state index contributed by atoms with van der Waals surface area (Å²) in [6.07, 6.45) is -0.214. The lowest BCUT2D eigenvalue weighted by atomic mass is 9.85. The van der Waals surface area contributed by atoms with Crippen molar-refractivity contribution in [2.45, 2.75) is 44.9 Å². The third-order valence-electron chi connectivity index (χ3n) is 5.51. The van der Waals surface area contributed by atoms with Gasteiger partial charge < -0.3 is 9.88 Å². The average molecular weight is 362 g/mol. The molecule has 0 atom stereocenters. The summed E-state index contributed by atoms with van der Waals surface area (Å²) < 4.78 is 41.0. The van der Waals surface area contributed by atoms with Crippen LogP contribution in [0.15, 0.2) is 35.1 Å². The van der Waals surface area contributed by atoms with Crippen molar-refractivity contribution in [2.24, 2.45) is 5.92 Å². The van der Waals surface area contributed by atoms with Crippen LogP contribution in [0.1, 0.15) is 36.1 Å². The summed E-state index contributed by atoms with van der Waals surface area (Å²) in [5.74, 6) is 0.503. The number of aromatic nitrogens is 1. The molecule has 2 heterocycles. The Balaban J connectivity index is 1.84. The lowest BCUT2D eigenvalue weighted by Crippen LogP contribution is -2.36. The zero-order chi connectivity index (χ0) is 18.3. The molecule has 0 radical (unpaired) electrons. The van der Waals surface area contributed by atoms with Gasteiger partial charge in [0.15, 0.2) is 0 Å². The first kappa shape index (κ1) is 17.3. The summed E-state index contributed by atoms with van der Waals surface area (Å²) in [5.41, 5.74) is 1.85. The van der Waals surface area contributed by atoms with E-state index >= 15 is 0 Å². The Hall–Kier alpha value is -2.08. The summed E-state index contributed by atoms with van der Waals surface area (Å²) >= 11 is 0. The van der Waals surface area contributed by atoms with E-state index in [2.05, 4.69) is 5.32 Å². The Labute approximate surface area is 149 Å². The summed E-state index contributed by atoms with van der Waals surface area (Å²) in [7, 11) is 0. The average Bonchev–Trinajstić information content (AvgIpc) is 2.58. The van der Waals surface area contributed by atoms with Crippen LogP contribution in [0.5, 0.6) is 0 Å². The number of benzene rings is 1. The molecule has 26 heavy (non-hydrogen) atoms. The van der Waals surface area contributed by atoms with Crippen molar-refractivity contribution in [2.75, 3.05) is 6.54 Å². The highest BCUT2D eigenvalue weighted by Gasteiger charge is 2.31. The number of fused-ring (bicyclic) bond motifs is 1. The fourth-order valence-corrected chi connectivity index (χ4v) is 3.84. The second-order valence-corrected chi connectivity index (χ2v) is 7.25. The predicted octanol–water partition coefficient (Wildman–Crippen LogP) is 3.98. The summed E-state index contributed by atoms with van der Waals surface area (Å²) in [4.78, 5) is 13.1. The summed E-state index contributed by atoms with van der Waals surface area (Å²) in [6.45, 7) is 2.14. The van der Waals surface area contributed by atoms with Crippen molar-refractivity contribution in [3.63, 3.8) is 0 Å². The van der Waals surface area contributed by atoms with E-state index in [0.717, 1.165) is 49.2 Å². The van der Waals surface area contributed by atoms with Gasteiger partial charge in [-0.15, -0.1) is 0 Å². The highest BCUT2D eigenvalue weighted by Crippen LogP contribution is 2.33. The van der Waals surface area contributed by atoms with Gasteiger partial charge in [-0.2, -0.15) is 13.2 Å². The van der Waals surface area contributed by atoms with Crippen molar-refractivity contribution in [1.29, 1.82) is 0 Å². The Kier molecular flexibility index (Phi) is 4.39. The molecule has 1 saturated carbocycles. The van der Waals surface area contributed by atoms with Crippen LogP contribution in [-0.4, -0.2) is 11.1 Å². The smallest absolute Gasteiger partial charge is 0.312 e. The molecular weight excluding hydrogens is 341 g/mol. The molecule has 138 valence electrons. The lowest BCUT2D eigenvalue weighted by Gasteiger charge is -2.30. The molecule has 0 spiro atoms. The van der Waals surface area contributed by atoms with Crippen molar-refractivity contribution in [3.8, 4) is 11.1 Å². The van der Waals surface area contributed by atoms with Gasteiger partial charge in [0.1, 0.15) is 0 Å². The van der Waals surface area contributed by atoms with Crippen LogP contribution in [0.3, 0.4) is 0 Å². The van der Waals surface area contributed by atoms with E-state index in [1.807, 2.05) is 4.57 Å². The largest absolute Gasteiger partial charge is 0.416 e. The Morgan fingerprint density at radius 2 is 2.00 bits per heavy atom. The van der Waals surface area contributed by atoms with Crippen molar-refractivity contribution in [3.05, 3.63) is 57.5 Å². The van der Waals surface area contributed by atoms with Crippen LogP contribution in [0, 0.1) is 5.92 Å². The molecule has 0 amide bonds. The molecule has 2 aliphatic rings. The zero-order valence-corrected chi connectivity index (χ0v) is 14.4. The molecule has 0 unspecified atom stereocenters. The number of hydrogen-bond donors (Lipinski definition) is 1. The molecule has 1 N–H and O–H groups in total. The van der Waals surface area contributed by atoms with E-state index in [4.69, 9.17) is 0 Å². The fourth-order valence-electron chi connectivity index (χ4n) is 3.84. The van der Waals surface area contributed by atoms with Crippen molar-refractivity contribution >= 4 is 0 Å². The predicted molar refractivity (Wildman–Crippen MR) is 93.9 cm³/mol. The van der Waals surface area contributed by atoms with E-state index in [-0.39, 0.29) is 5.56 Å². The van der Waals surface area contributed by atoms with E-state index in [1.165, 1.54) is 12.5 Å². The molecule has 1 aliphatic heterocycles. The third kappa shape index (κ3) is 3.18. The van der Waals surface area contributed by atoms with E-state index in [9.17, 15) is 18.0 Å². The SMILES string of the molecule is O=c1c(-c2cccc(C(F)(F)F)c2)cc2c(n1CC1CCC1)CCNC2. The maximum Gasteiger partial charge on any atom is 0.416 e. The van der Waals surface area contributed by atoms with Gasteiger partial charge in [-0.05, 0) is 48.1 Å². The Morgan fingerprint density at radius 1 is 1.19 bits per heavy atom. The monoisotopic (exact) mass is 362 g/mol. The van der Waals surface area contributed by atoms with Gasteiger partial charge in [-0.3, -0.25) is 4.79 Å². The van der Waals surface area contributed by atoms with Gasteiger partial charge in [0.25, 0.3) is 5.56 Å². The third-order valence-corrected chi connectivity index (χ3v) is 5.51. The lowest BCUT2D eigenvalue weighted by molar-refractivity contribution is -0.137. The molecule has 4 rings (SSSR count). The quantitative estimate of drug-likeness (QED) is 0.896. The second-order valence-electron chi connectivity index (χ2n) is 7.25. The van der Waals surface area contributed by atoms with Gasteiger partial charge in [0.2, 0.25) is 0 Å². The van der Waals surface area contributed by atoms with Crippen LogP contribution in [-0.2, 0) is 25.7 Å². The number of halogens is 3. The van der Waals surface area contributed by atoms with Gasteiger partial charge in [-0.1, -0.05) is 18.6 Å². The molecule has 1 aromatic heterocycles. The fraction of sp³-hybridized carbons (Fsp3) is 0.450. The molecule has 2 aromatic rings. The van der Waals surface area contributed by atoms with Crippen molar-refractivity contribution in [1.82, 2.24) is 9.88 Å². The van der Waals surface area contributed by atoms with Crippen LogP contribution in [0.2, 0.25) is 0 Å². The number of hydrogen-bond acceptors (Lipinski definition) is 2. The standard InChI is InChI=1S/C20H21F3N2O/c21-20(22,23)16-6-2-5-14(9-16)17-10-15-11-24-8-7-18(15)25(19(17)26)12-13-3-1-4-13/h2,5-6,9-10,13,24H,1,3-4,7-8,11-12H2. The van der Waals surface area contributed by atoms with E-state index in [1.54, 1.807) is 12.1 Å². The number of alkyl halides is 3. The maximum atomic E-state index is 13.1. The second kappa shape index (κ2) is 6.58. The van der Waals surface area contributed by atoms with Gasteiger partial charge in [-0.25, -0.2) is 0 Å². The maximum absolute atomic E-state index is 13.1. The highest BCUT2D eigenvalue weighted by molar-refractivity contribution is 5.65. The van der Waals surface area contributed by atoms with Crippen LogP contribution >= 0.6 is 0 Å². The first-order chi connectivity index (χ1) is 12.4. The number of rotatable bonds is 3. The molecule has 1 aromatic carbocycles. The number of nitrogens with zero attached hydrogens (tertiary/aromatic N) is 1. The minimum atomic E-state index is -4.42. The van der Waals surface area contributed by atoms with Crippen LogP contribution in [0.25, 0.3) is 11.1 Å².